The van der Waals surface area contributed by atoms with Gasteiger partial charge in [-0.25, -0.2) is 0 Å². The van der Waals surface area contributed by atoms with E-state index in [0.29, 0.717) is 25.7 Å². The van der Waals surface area contributed by atoms with Crippen LogP contribution in [-0.4, -0.2) is 128 Å². The highest BCUT2D eigenvalue weighted by Crippen LogP contribution is 2.54. The van der Waals surface area contributed by atoms with Crippen LogP contribution in [0, 0.1) is 11.8 Å². The zero-order valence-corrected chi connectivity index (χ0v) is 30.8. The second-order valence-electron chi connectivity index (χ2n) is 17.4. The van der Waals surface area contributed by atoms with Crippen LogP contribution in [0.1, 0.15) is 90.4 Å². The highest BCUT2D eigenvalue weighted by Gasteiger charge is 2.68. The largest absolute Gasteiger partial charge is 0.392 e. The van der Waals surface area contributed by atoms with E-state index in [4.69, 9.17) is 48.4 Å². The number of hydrogen-bond donors (Lipinski definition) is 2. The topological polar surface area (TPSA) is 146 Å². The summed E-state index contributed by atoms with van der Waals surface area (Å²) in [5.41, 5.74) is 8.01. The first kappa shape index (κ1) is 36.4. The Hall–Kier alpha value is -1.29. The number of carbonyl (C=O) groups is 1. The highest BCUT2D eigenvalue weighted by molar-refractivity contribution is 5.79. The molecular formula is C40H59NO11. The molecule has 52 heavy (non-hydrogen) atoms. The summed E-state index contributed by atoms with van der Waals surface area (Å²) in [5.74, 6) is -0.619. The summed E-state index contributed by atoms with van der Waals surface area (Å²) in [6, 6.07) is 0. The van der Waals surface area contributed by atoms with E-state index < -0.39 is 18.0 Å². The minimum atomic E-state index is -0.780. The molecule has 0 aromatic heterocycles. The second kappa shape index (κ2) is 14.3. The van der Waals surface area contributed by atoms with Gasteiger partial charge in [0.1, 0.15) is 36.3 Å². The maximum absolute atomic E-state index is 14.1. The molecule has 0 aliphatic carbocycles. The summed E-state index contributed by atoms with van der Waals surface area (Å²) in [7, 11) is 1.66. The highest BCUT2D eigenvalue weighted by atomic mass is 16.8. The van der Waals surface area contributed by atoms with Crippen molar-refractivity contribution in [2.24, 2.45) is 17.6 Å². The molecule has 10 fully saturated rings. The molecule has 0 amide bonds. The lowest BCUT2D eigenvalue weighted by molar-refractivity contribution is -0.292. The van der Waals surface area contributed by atoms with Gasteiger partial charge >= 0.3 is 0 Å². The Labute approximate surface area is 307 Å². The Morgan fingerprint density at radius 1 is 0.808 bits per heavy atom. The predicted molar refractivity (Wildman–Crippen MR) is 186 cm³/mol. The Kier molecular flexibility index (Phi) is 10.0. The summed E-state index contributed by atoms with van der Waals surface area (Å²) in [6.45, 7) is 11.3. The quantitative estimate of drug-likeness (QED) is 0.409. The number of fused-ring (bicyclic) bond motifs is 6. The Bertz CT molecular complexity index is 1380. The van der Waals surface area contributed by atoms with Crippen LogP contribution < -0.4 is 5.73 Å². The molecule has 10 rings (SSSR count). The van der Waals surface area contributed by atoms with Gasteiger partial charge in [0.25, 0.3) is 0 Å². The van der Waals surface area contributed by atoms with Gasteiger partial charge < -0.3 is 53.5 Å². The Morgan fingerprint density at radius 3 is 2.38 bits per heavy atom. The van der Waals surface area contributed by atoms with Crippen molar-refractivity contribution in [1.82, 2.24) is 0 Å². The number of ketones is 1. The van der Waals surface area contributed by atoms with Gasteiger partial charge in [0.2, 0.25) is 0 Å². The van der Waals surface area contributed by atoms with Crippen LogP contribution in [0.15, 0.2) is 24.3 Å². The zero-order chi connectivity index (χ0) is 35.9. The molecule has 10 heterocycles. The van der Waals surface area contributed by atoms with Crippen molar-refractivity contribution in [3.63, 3.8) is 0 Å². The summed E-state index contributed by atoms with van der Waals surface area (Å²) >= 11 is 0. The van der Waals surface area contributed by atoms with Crippen LogP contribution in [0.5, 0.6) is 0 Å². The summed E-state index contributed by atoms with van der Waals surface area (Å²) in [6.07, 6.45) is 4.85. The number of aliphatic hydroxyl groups is 1. The van der Waals surface area contributed by atoms with Crippen LogP contribution >= 0.6 is 0 Å². The monoisotopic (exact) mass is 729 g/mol. The van der Waals surface area contributed by atoms with Crippen molar-refractivity contribution in [3.8, 4) is 0 Å². The second-order valence-corrected chi connectivity index (χ2v) is 17.4. The maximum Gasteiger partial charge on any atom is 0.172 e. The van der Waals surface area contributed by atoms with Gasteiger partial charge in [-0.2, -0.15) is 0 Å². The molecule has 0 radical (unpaired) electrons. The molecule has 19 atom stereocenters. The van der Waals surface area contributed by atoms with E-state index in [-0.39, 0.29) is 122 Å². The third kappa shape index (κ3) is 6.59. The van der Waals surface area contributed by atoms with E-state index in [1.165, 1.54) is 0 Å². The number of methoxy groups -OCH3 is 1. The summed E-state index contributed by atoms with van der Waals surface area (Å²) in [4.78, 5) is 14.1. The molecule has 12 nitrogen and oxygen atoms in total. The van der Waals surface area contributed by atoms with Gasteiger partial charge in [-0.3, -0.25) is 4.79 Å². The van der Waals surface area contributed by atoms with Crippen LogP contribution in [0.3, 0.4) is 0 Å². The molecule has 290 valence electrons. The van der Waals surface area contributed by atoms with E-state index in [9.17, 15) is 9.90 Å². The first-order chi connectivity index (χ1) is 25.1. The van der Waals surface area contributed by atoms with Crippen LogP contribution in [0.4, 0.5) is 0 Å². The number of rotatable bonds is 4. The average Bonchev–Trinajstić information content (AvgIpc) is 3.79. The van der Waals surface area contributed by atoms with Crippen molar-refractivity contribution in [2.75, 3.05) is 13.7 Å². The molecule has 3 N–H and O–H groups in total. The Morgan fingerprint density at radius 2 is 1.56 bits per heavy atom. The molecule has 12 bridgehead atoms. The normalized spacial score (nSPS) is 52.4. The number of carbonyl (C=O) groups excluding carboxylic acids is 1. The van der Waals surface area contributed by atoms with Crippen LogP contribution in [0.25, 0.3) is 0 Å². The first-order valence-corrected chi connectivity index (χ1v) is 20.2. The molecular weight excluding hydrogens is 670 g/mol. The van der Waals surface area contributed by atoms with Gasteiger partial charge in [-0.1, -0.05) is 20.1 Å². The standard InChI is InChI=1S/C40H59NO11/c1-19-11-24-5-7-28-20(2)12-26(45-28)9-10-40-17-33-36(51-40)37-38(50-33)39(52-40)35-29(49-37)8-6-25(47-35)13-22(42)14-27-31(16-30(46-24)21(19)3)48-32(34(27)44-4)15-23(43)18-41/h19,23-39,43H,2-3,5-18,41H2,1,4H3/t19-,23+,24+,25-,26+,27+,28+,29+,30-,31+,32-,33-,34-,35+,36-,37+,38-,39+,40+/m1/s1. The van der Waals surface area contributed by atoms with Gasteiger partial charge in [0, 0.05) is 58.1 Å². The van der Waals surface area contributed by atoms with Crippen molar-refractivity contribution in [3.05, 3.63) is 24.3 Å². The fourth-order valence-corrected chi connectivity index (χ4v) is 11.3. The molecule has 0 aromatic carbocycles. The molecule has 10 saturated heterocycles. The van der Waals surface area contributed by atoms with Gasteiger partial charge in [-0.05, 0) is 62.0 Å². The molecule has 0 unspecified atom stereocenters. The van der Waals surface area contributed by atoms with Crippen LogP contribution in [0.2, 0.25) is 0 Å². The number of aliphatic hydroxyl groups excluding tert-OH is 1. The van der Waals surface area contributed by atoms with E-state index in [2.05, 4.69) is 20.1 Å². The minimum absolute atomic E-state index is 0.0158. The molecule has 12 heteroatoms. The van der Waals surface area contributed by atoms with Crippen molar-refractivity contribution in [2.45, 2.75) is 194 Å². The molecule has 1 spiro atoms. The fraction of sp³-hybridized carbons (Fsp3) is 0.875. The van der Waals surface area contributed by atoms with E-state index >= 15 is 0 Å². The predicted octanol–water partition coefficient (Wildman–Crippen LogP) is 3.44. The Balaban J connectivity index is 0.994. The van der Waals surface area contributed by atoms with Gasteiger partial charge in [0.15, 0.2) is 5.79 Å². The number of hydrogen-bond acceptors (Lipinski definition) is 12. The summed E-state index contributed by atoms with van der Waals surface area (Å²) in [5, 5.41) is 10.5. The fourth-order valence-electron chi connectivity index (χ4n) is 11.3. The first-order valence-electron chi connectivity index (χ1n) is 20.2. The lowest BCUT2D eigenvalue weighted by Gasteiger charge is -2.47. The van der Waals surface area contributed by atoms with Crippen LogP contribution in [-0.2, 0) is 47.4 Å². The van der Waals surface area contributed by atoms with E-state index in [1.54, 1.807) is 7.11 Å². The van der Waals surface area contributed by atoms with E-state index in [1.807, 2.05) is 0 Å². The third-order valence-electron chi connectivity index (χ3n) is 14.0. The lowest BCUT2D eigenvalue weighted by Crippen LogP contribution is -2.61. The number of Topliss-reactive ketones (excluding diaryl/α,β-unsaturated/α-hetero) is 1. The van der Waals surface area contributed by atoms with Crippen molar-refractivity contribution in [1.29, 1.82) is 0 Å². The van der Waals surface area contributed by atoms with Gasteiger partial charge in [-0.15, -0.1) is 0 Å². The SMILES string of the molecule is C=C1C[C@@H]2CC[C@@]34C[C@H]5O[C@H]6[C@@H](O3)[C@H]3O[C@H](CC[C@@H]3O[C@H]6[C@@H]5O4)CC(=O)C[C@@H]3[C@@H](OC)[C@@H](C[C@H](O)CN)O[C@H]3C[C@H]3O[C@@H](CC[C@@H]1O2)C[C@@H](C)C3=C. The molecule has 10 aliphatic heterocycles. The zero-order valence-electron chi connectivity index (χ0n) is 30.8. The third-order valence-corrected chi connectivity index (χ3v) is 14.0. The minimum Gasteiger partial charge on any atom is -0.392 e. The summed E-state index contributed by atoms with van der Waals surface area (Å²) < 4.78 is 60.0. The molecule has 10 aliphatic rings. The average molecular weight is 730 g/mol. The smallest absolute Gasteiger partial charge is 0.172 e. The number of ether oxygens (including phenoxy) is 9. The molecule has 0 aromatic rings. The maximum atomic E-state index is 14.1. The number of nitrogens with two attached hydrogens (primary N) is 1. The van der Waals surface area contributed by atoms with Crippen molar-refractivity contribution < 1.29 is 52.5 Å². The lowest BCUT2D eigenvalue weighted by atomic mass is 9.81. The molecule has 0 saturated carbocycles. The van der Waals surface area contributed by atoms with E-state index in [0.717, 1.165) is 56.1 Å². The van der Waals surface area contributed by atoms with Gasteiger partial charge in [0.05, 0.1) is 67.1 Å². The van der Waals surface area contributed by atoms with Crippen molar-refractivity contribution >= 4 is 5.78 Å².